The van der Waals surface area contributed by atoms with Gasteiger partial charge in [-0.3, -0.25) is 0 Å². The topological polar surface area (TPSA) is 59.4 Å². The number of benzene rings is 2. The van der Waals surface area contributed by atoms with E-state index in [1.54, 1.807) is 31.4 Å². The van der Waals surface area contributed by atoms with Crippen molar-refractivity contribution in [2.24, 2.45) is 0 Å². The van der Waals surface area contributed by atoms with Gasteiger partial charge in [0.2, 0.25) is 0 Å². The Labute approximate surface area is 134 Å². The average Bonchev–Trinajstić information content (AvgIpc) is 2.60. The lowest BCUT2D eigenvalue weighted by Gasteiger charge is -2.10. The minimum absolute atomic E-state index is 0.225. The minimum atomic E-state index is -0.975. The predicted molar refractivity (Wildman–Crippen MR) is 90.1 cm³/mol. The van der Waals surface area contributed by atoms with Gasteiger partial charge in [-0.1, -0.05) is 43.3 Å². The number of hydrogen-bond acceptors (Lipinski definition) is 3. The van der Waals surface area contributed by atoms with E-state index < -0.39 is 5.97 Å². The lowest BCUT2D eigenvalue weighted by atomic mass is 10.0. The molecular formula is C19H17NO3. The molecule has 0 saturated carbocycles. The second kappa shape index (κ2) is 6.08. The van der Waals surface area contributed by atoms with Gasteiger partial charge in [0.1, 0.15) is 11.3 Å². The van der Waals surface area contributed by atoms with Crippen molar-refractivity contribution in [3.05, 3.63) is 59.7 Å². The van der Waals surface area contributed by atoms with Crippen LogP contribution in [0.25, 0.3) is 22.2 Å². The molecule has 0 radical (unpaired) electrons. The van der Waals surface area contributed by atoms with E-state index in [0.29, 0.717) is 22.3 Å². The summed E-state index contributed by atoms with van der Waals surface area (Å²) in [6, 6.07) is 14.9. The standard InChI is InChI=1S/C19H17NO3/c1-3-12-7-9-13(10-8-12)16-11-15(19(21)22)14-5-4-6-17(23-2)18(14)20-16/h4-11H,3H2,1-2H3,(H,21,22). The fourth-order valence-electron chi connectivity index (χ4n) is 2.62. The number of rotatable bonds is 4. The Balaban J connectivity index is 2.26. The Hall–Kier alpha value is -2.88. The molecule has 116 valence electrons. The molecule has 1 N–H and O–H groups in total. The van der Waals surface area contributed by atoms with Gasteiger partial charge in [0, 0.05) is 10.9 Å². The normalized spacial score (nSPS) is 10.7. The van der Waals surface area contributed by atoms with Crippen molar-refractivity contribution in [1.82, 2.24) is 4.98 Å². The van der Waals surface area contributed by atoms with E-state index in [9.17, 15) is 9.90 Å². The molecule has 1 heterocycles. The zero-order valence-electron chi connectivity index (χ0n) is 13.0. The maximum atomic E-state index is 11.6. The molecule has 0 atom stereocenters. The van der Waals surface area contributed by atoms with Crippen molar-refractivity contribution >= 4 is 16.9 Å². The lowest BCUT2D eigenvalue weighted by Crippen LogP contribution is -2.01. The van der Waals surface area contributed by atoms with Crippen LogP contribution in [0.2, 0.25) is 0 Å². The Morgan fingerprint density at radius 2 is 1.91 bits per heavy atom. The number of hydrogen-bond donors (Lipinski definition) is 1. The van der Waals surface area contributed by atoms with Crippen LogP contribution in [-0.4, -0.2) is 23.2 Å². The predicted octanol–water partition coefficient (Wildman–Crippen LogP) is 4.17. The van der Waals surface area contributed by atoms with Gasteiger partial charge in [0.15, 0.2) is 0 Å². The number of pyridine rings is 1. The molecule has 3 rings (SSSR count). The van der Waals surface area contributed by atoms with Crippen molar-refractivity contribution in [1.29, 1.82) is 0 Å². The summed E-state index contributed by atoms with van der Waals surface area (Å²) in [5.41, 5.74) is 3.53. The fourth-order valence-corrected chi connectivity index (χ4v) is 2.62. The Bertz CT molecular complexity index is 870. The molecule has 4 heteroatoms. The molecule has 3 aromatic rings. The molecule has 2 aromatic carbocycles. The van der Waals surface area contributed by atoms with Crippen LogP contribution in [0.3, 0.4) is 0 Å². The number of aryl methyl sites for hydroxylation is 1. The Morgan fingerprint density at radius 1 is 1.17 bits per heavy atom. The van der Waals surface area contributed by atoms with Crippen molar-refractivity contribution in [3.8, 4) is 17.0 Å². The molecule has 1 aromatic heterocycles. The smallest absolute Gasteiger partial charge is 0.336 e. The van der Waals surface area contributed by atoms with Gasteiger partial charge in [-0.05, 0) is 24.1 Å². The summed E-state index contributed by atoms with van der Waals surface area (Å²) in [7, 11) is 1.56. The maximum Gasteiger partial charge on any atom is 0.336 e. The molecule has 0 fully saturated rings. The molecule has 0 aliphatic heterocycles. The number of carbonyl (C=O) groups is 1. The van der Waals surface area contributed by atoms with Crippen LogP contribution >= 0.6 is 0 Å². The van der Waals surface area contributed by atoms with Gasteiger partial charge >= 0.3 is 5.97 Å². The number of aromatic carboxylic acids is 1. The van der Waals surface area contributed by atoms with Crippen LogP contribution in [0, 0.1) is 0 Å². The van der Waals surface area contributed by atoms with Crippen molar-refractivity contribution in [2.75, 3.05) is 7.11 Å². The van der Waals surface area contributed by atoms with E-state index in [-0.39, 0.29) is 5.56 Å². The van der Waals surface area contributed by atoms with Gasteiger partial charge in [0.05, 0.1) is 18.4 Å². The first-order valence-electron chi connectivity index (χ1n) is 7.44. The van der Waals surface area contributed by atoms with Crippen molar-refractivity contribution in [3.63, 3.8) is 0 Å². The summed E-state index contributed by atoms with van der Waals surface area (Å²) in [5.74, 6) is -0.408. The summed E-state index contributed by atoms with van der Waals surface area (Å²) < 4.78 is 5.33. The highest BCUT2D eigenvalue weighted by molar-refractivity contribution is 6.05. The summed E-state index contributed by atoms with van der Waals surface area (Å²) in [6.45, 7) is 2.09. The fraction of sp³-hybridized carbons (Fsp3) is 0.158. The molecule has 0 spiro atoms. The van der Waals surface area contributed by atoms with Crippen LogP contribution in [0.5, 0.6) is 5.75 Å². The Morgan fingerprint density at radius 3 is 2.52 bits per heavy atom. The molecule has 0 bridgehead atoms. The van der Waals surface area contributed by atoms with Gasteiger partial charge in [0.25, 0.3) is 0 Å². The molecule has 0 saturated heterocycles. The Kier molecular flexibility index (Phi) is 3.98. The second-order valence-corrected chi connectivity index (χ2v) is 5.27. The first-order valence-corrected chi connectivity index (χ1v) is 7.44. The first-order chi connectivity index (χ1) is 11.1. The monoisotopic (exact) mass is 307 g/mol. The van der Waals surface area contributed by atoms with E-state index in [1.807, 2.05) is 24.3 Å². The summed E-state index contributed by atoms with van der Waals surface area (Å²) in [5, 5.41) is 10.1. The molecule has 0 unspecified atom stereocenters. The highest BCUT2D eigenvalue weighted by Crippen LogP contribution is 2.30. The van der Waals surface area contributed by atoms with Crippen LogP contribution in [0.1, 0.15) is 22.8 Å². The highest BCUT2D eigenvalue weighted by Gasteiger charge is 2.15. The van der Waals surface area contributed by atoms with Crippen LogP contribution < -0.4 is 4.74 Å². The number of methoxy groups -OCH3 is 1. The van der Waals surface area contributed by atoms with E-state index in [0.717, 1.165) is 12.0 Å². The van der Waals surface area contributed by atoms with Gasteiger partial charge in [-0.15, -0.1) is 0 Å². The zero-order chi connectivity index (χ0) is 16.4. The molecule has 0 aliphatic rings. The quantitative estimate of drug-likeness (QED) is 0.786. The number of nitrogens with zero attached hydrogens (tertiary/aromatic N) is 1. The largest absolute Gasteiger partial charge is 0.494 e. The number of ether oxygens (including phenoxy) is 1. The second-order valence-electron chi connectivity index (χ2n) is 5.27. The molecule has 23 heavy (non-hydrogen) atoms. The van der Waals surface area contributed by atoms with E-state index in [4.69, 9.17) is 4.74 Å². The summed E-state index contributed by atoms with van der Waals surface area (Å²) in [4.78, 5) is 16.3. The minimum Gasteiger partial charge on any atom is -0.494 e. The molecule has 4 nitrogen and oxygen atoms in total. The van der Waals surface area contributed by atoms with Gasteiger partial charge in [-0.25, -0.2) is 9.78 Å². The summed E-state index contributed by atoms with van der Waals surface area (Å²) in [6.07, 6.45) is 0.958. The number of carboxylic acids is 1. The third-order valence-electron chi connectivity index (χ3n) is 3.91. The zero-order valence-corrected chi connectivity index (χ0v) is 13.0. The first kappa shape index (κ1) is 15.0. The third kappa shape index (κ3) is 2.75. The van der Waals surface area contributed by atoms with Crippen LogP contribution in [-0.2, 0) is 6.42 Å². The number of aromatic nitrogens is 1. The summed E-state index contributed by atoms with van der Waals surface area (Å²) >= 11 is 0. The number of para-hydroxylation sites is 1. The van der Waals surface area contributed by atoms with E-state index in [2.05, 4.69) is 11.9 Å². The lowest BCUT2D eigenvalue weighted by molar-refractivity contribution is 0.0699. The SMILES string of the molecule is CCc1ccc(-c2cc(C(=O)O)c3cccc(OC)c3n2)cc1. The van der Waals surface area contributed by atoms with Crippen molar-refractivity contribution < 1.29 is 14.6 Å². The van der Waals surface area contributed by atoms with Gasteiger partial charge < -0.3 is 9.84 Å². The number of carboxylic acid groups (broad SMARTS) is 1. The van der Waals surface area contributed by atoms with Crippen LogP contribution in [0.15, 0.2) is 48.5 Å². The van der Waals surface area contributed by atoms with E-state index >= 15 is 0 Å². The van der Waals surface area contributed by atoms with E-state index in [1.165, 1.54) is 5.56 Å². The van der Waals surface area contributed by atoms with Crippen molar-refractivity contribution in [2.45, 2.75) is 13.3 Å². The molecular weight excluding hydrogens is 290 g/mol. The number of fused-ring (bicyclic) bond motifs is 1. The van der Waals surface area contributed by atoms with Crippen LogP contribution in [0.4, 0.5) is 0 Å². The van der Waals surface area contributed by atoms with Gasteiger partial charge in [-0.2, -0.15) is 0 Å². The molecule has 0 aliphatic carbocycles. The highest BCUT2D eigenvalue weighted by atomic mass is 16.5. The third-order valence-corrected chi connectivity index (χ3v) is 3.91. The molecule has 0 amide bonds. The maximum absolute atomic E-state index is 11.6. The average molecular weight is 307 g/mol.